The summed E-state index contributed by atoms with van der Waals surface area (Å²) in [6.45, 7) is 6.33. The lowest BCUT2D eigenvalue weighted by atomic mass is 10.1. The summed E-state index contributed by atoms with van der Waals surface area (Å²) in [5, 5.41) is 9.96. The van der Waals surface area contributed by atoms with Crippen LogP contribution in [0.5, 0.6) is 0 Å². The van der Waals surface area contributed by atoms with Crippen molar-refractivity contribution in [3.05, 3.63) is 47.3 Å². The topological polar surface area (TPSA) is 76.0 Å². The molecule has 2 aromatic rings. The zero-order valence-corrected chi connectivity index (χ0v) is 15.9. The molecule has 1 aromatic carbocycles. The molecule has 27 heavy (non-hydrogen) atoms. The highest BCUT2D eigenvalue weighted by molar-refractivity contribution is 6.08. The van der Waals surface area contributed by atoms with Crippen molar-refractivity contribution in [2.45, 2.75) is 45.1 Å². The van der Waals surface area contributed by atoms with Crippen molar-refractivity contribution >= 4 is 17.5 Å². The van der Waals surface area contributed by atoms with Gasteiger partial charge in [0.2, 0.25) is 0 Å². The molecule has 2 N–H and O–H groups in total. The molecule has 2 amide bonds. The smallest absolute Gasteiger partial charge is 0.276 e. The van der Waals surface area contributed by atoms with Crippen molar-refractivity contribution < 1.29 is 9.59 Å². The monoisotopic (exact) mass is 364 g/mol. The number of carbonyl (C=O) groups excluding carboxylic acids is 2. The molecule has 1 saturated carbocycles. The highest BCUT2D eigenvalue weighted by Crippen LogP contribution is 2.41. The number of para-hydroxylation sites is 1. The summed E-state index contributed by atoms with van der Waals surface area (Å²) in [5.74, 6) is 2.17. The van der Waals surface area contributed by atoms with Gasteiger partial charge in [0.1, 0.15) is 0 Å². The number of terminal acetylenes is 1. The minimum atomic E-state index is -0.336. The molecule has 0 unspecified atom stereocenters. The highest BCUT2D eigenvalue weighted by atomic mass is 16.2. The number of amides is 2. The van der Waals surface area contributed by atoms with E-state index in [1.165, 1.54) is 0 Å². The van der Waals surface area contributed by atoms with E-state index in [-0.39, 0.29) is 23.9 Å². The van der Waals surface area contributed by atoms with Gasteiger partial charge < -0.3 is 10.6 Å². The number of nitrogens with one attached hydrogen (secondary N) is 2. The molecule has 0 spiro atoms. The Morgan fingerprint density at radius 2 is 1.96 bits per heavy atom. The minimum Gasteiger partial charge on any atom is -0.341 e. The van der Waals surface area contributed by atoms with Crippen LogP contribution in [0.25, 0.3) is 0 Å². The van der Waals surface area contributed by atoms with Gasteiger partial charge >= 0.3 is 0 Å². The maximum Gasteiger partial charge on any atom is 0.276 e. The van der Waals surface area contributed by atoms with Crippen molar-refractivity contribution in [2.75, 3.05) is 11.9 Å². The maximum absolute atomic E-state index is 12.8. The molecule has 0 radical (unpaired) electrons. The van der Waals surface area contributed by atoms with Gasteiger partial charge in [0.15, 0.2) is 5.69 Å². The molecule has 1 aliphatic rings. The van der Waals surface area contributed by atoms with Crippen molar-refractivity contribution in [1.82, 2.24) is 15.1 Å². The van der Waals surface area contributed by atoms with Crippen LogP contribution in [0, 0.1) is 12.3 Å². The van der Waals surface area contributed by atoms with Crippen LogP contribution in [0.4, 0.5) is 5.69 Å². The number of anilines is 1. The molecule has 3 rings (SSSR count). The van der Waals surface area contributed by atoms with Crippen molar-refractivity contribution in [1.29, 1.82) is 0 Å². The Morgan fingerprint density at radius 1 is 1.26 bits per heavy atom. The average Bonchev–Trinajstić information content (AvgIpc) is 3.36. The summed E-state index contributed by atoms with van der Waals surface area (Å²) in [6.07, 6.45) is 7.44. The van der Waals surface area contributed by atoms with Gasteiger partial charge in [-0.15, -0.1) is 6.42 Å². The first-order chi connectivity index (χ1) is 12.8. The molecule has 140 valence electrons. The second-order valence-electron chi connectivity index (χ2n) is 7.70. The normalized spacial score (nSPS) is 13.7. The first kappa shape index (κ1) is 18.7. The first-order valence-corrected chi connectivity index (χ1v) is 9.03. The summed E-state index contributed by atoms with van der Waals surface area (Å²) in [6, 6.07) is 8.69. The first-order valence-electron chi connectivity index (χ1n) is 9.03. The van der Waals surface area contributed by atoms with E-state index in [4.69, 9.17) is 6.42 Å². The van der Waals surface area contributed by atoms with Crippen LogP contribution in [0.2, 0.25) is 0 Å². The number of rotatable bonds is 5. The van der Waals surface area contributed by atoms with Crippen LogP contribution >= 0.6 is 0 Å². The van der Waals surface area contributed by atoms with Crippen LogP contribution < -0.4 is 10.6 Å². The van der Waals surface area contributed by atoms with Gasteiger partial charge in [0.05, 0.1) is 23.3 Å². The predicted molar refractivity (Wildman–Crippen MR) is 105 cm³/mol. The van der Waals surface area contributed by atoms with Gasteiger partial charge in [-0.1, -0.05) is 18.1 Å². The van der Waals surface area contributed by atoms with Crippen LogP contribution in [-0.4, -0.2) is 28.1 Å². The third-order valence-corrected chi connectivity index (χ3v) is 4.37. The van der Waals surface area contributed by atoms with Gasteiger partial charge in [0.25, 0.3) is 11.8 Å². The Hall–Kier alpha value is -3.07. The average molecular weight is 364 g/mol. The molecule has 1 aromatic heterocycles. The molecular formula is C21H24N4O2. The summed E-state index contributed by atoms with van der Waals surface area (Å²) in [7, 11) is 0. The standard InChI is InChI=1S/C21H24N4O2/c1-5-12-22-19(26)15-8-6-7-9-16(15)23-20(27)17-13-18(14-10-11-14)25(24-17)21(2,3)4/h1,6-9,13-14H,10-12H2,2-4H3,(H,22,26)(H,23,27). The zero-order chi connectivity index (χ0) is 19.6. The fourth-order valence-electron chi connectivity index (χ4n) is 2.92. The quantitative estimate of drug-likeness (QED) is 0.801. The second-order valence-corrected chi connectivity index (χ2v) is 7.70. The fourth-order valence-corrected chi connectivity index (χ4v) is 2.92. The maximum atomic E-state index is 12.8. The Kier molecular flexibility index (Phi) is 5.04. The predicted octanol–water partition coefficient (Wildman–Crippen LogP) is 3.13. The van der Waals surface area contributed by atoms with Gasteiger partial charge in [-0.3, -0.25) is 14.3 Å². The molecular weight excluding hydrogens is 340 g/mol. The minimum absolute atomic E-state index is 0.127. The molecule has 0 bridgehead atoms. The van der Waals surface area contributed by atoms with E-state index in [1.807, 2.05) is 10.7 Å². The van der Waals surface area contributed by atoms with Crippen LogP contribution in [0.15, 0.2) is 30.3 Å². The molecule has 0 aliphatic heterocycles. The fraction of sp³-hybridized carbons (Fsp3) is 0.381. The Morgan fingerprint density at radius 3 is 2.59 bits per heavy atom. The van der Waals surface area contributed by atoms with Gasteiger partial charge in [0, 0.05) is 11.6 Å². The number of aromatic nitrogens is 2. The Bertz CT molecular complexity index is 911. The third kappa shape index (κ3) is 4.20. The highest BCUT2D eigenvalue weighted by Gasteiger charge is 2.32. The van der Waals surface area contributed by atoms with Gasteiger partial charge in [-0.05, 0) is 51.8 Å². The van der Waals surface area contributed by atoms with Crippen LogP contribution in [0.1, 0.15) is 66.1 Å². The molecule has 1 aliphatic carbocycles. The second kappa shape index (κ2) is 7.28. The van der Waals surface area contributed by atoms with E-state index in [0.29, 0.717) is 22.9 Å². The molecule has 6 heteroatoms. The molecule has 6 nitrogen and oxygen atoms in total. The number of carbonyl (C=O) groups is 2. The molecule has 0 saturated heterocycles. The summed E-state index contributed by atoms with van der Waals surface area (Å²) < 4.78 is 1.94. The Labute approximate surface area is 159 Å². The van der Waals surface area contributed by atoms with Gasteiger partial charge in [-0.25, -0.2) is 0 Å². The van der Waals surface area contributed by atoms with E-state index in [0.717, 1.165) is 18.5 Å². The van der Waals surface area contributed by atoms with Crippen molar-refractivity contribution in [3.63, 3.8) is 0 Å². The zero-order valence-electron chi connectivity index (χ0n) is 15.9. The molecule has 1 heterocycles. The number of nitrogens with zero attached hydrogens (tertiary/aromatic N) is 2. The lowest BCUT2D eigenvalue weighted by molar-refractivity contribution is 0.0959. The van der Waals surface area contributed by atoms with E-state index in [2.05, 4.69) is 42.4 Å². The molecule has 1 fully saturated rings. The van der Waals surface area contributed by atoms with E-state index >= 15 is 0 Å². The largest absolute Gasteiger partial charge is 0.341 e. The van der Waals surface area contributed by atoms with E-state index in [9.17, 15) is 9.59 Å². The number of hydrogen-bond acceptors (Lipinski definition) is 3. The summed E-state index contributed by atoms with van der Waals surface area (Å²) in [5.41, 5.74) is 2.02. The van der Waals surface area contributed by atoms with E-state index < -0.39 is 0 Å². The number of hydrogen-bond donors (Lipinski definition) is 2. The van der Waals surface area contributed by atoms with Crippen LogP contribution in [0.3, 0.4) is 0 Å². The molecule has 0 atom stereocenters. The van der Waals surface area contributed by atoms with Crippen LogP contribution in [-0.2, 0) is 5.54 Å². The lowest BCUT2D eigenvalue weighted by Crippen LogP contribution is -2.26. The van der Waals surface area contributed by atoms with Crippen molar-refractivity contribution in [3.8, 4) is 12.3 Å². The summed E-state index contributed by atoms with van der Waals surface area (Å²) >= 11 is 0. The summed E-state index contributed by atoms with van der Waals surface area (Å²) in [4.78, 5) is 25.0. The van der Waals surface area contributed by atoms with Crippen molar-refractivity contribution in [2.24, 2.45) is 0 Å². The van der Waals surface area contributed by atoms with Gasteiger partial charge in [-0.2, -0.15) is 5.10 Å². The SMILES string of the molecule is C#CCNC(=O)c1ccccc1NC(=O)c1cc(C2CC2)n(C(C)(C)C)n1. The number of benzene rings is 1. The Balaban J connectivity index is 1.85. The van der Waals surface area contributed by atoms with E-state index in [1.54, 1.807) is 24.3 Å². The third-order valence-electron chi connectivity index (χ3n) is 4.37. The lowest BCUT2D eigenvalue weighted by Gasteiger charge is -2.22.